The van der Waals surface area contributed by atoms with Crippen molar-refractivity contribution in [1.29, 1.82) is 0 Å². The minimum absolute atomic E-state index is 0.265. The van der Waals surface area contributed by atoms with Crippen molar-refractivity contribution in [1.82, 2.24) is 20.2 Å². The van der Waals surface area contributed by atoms with Crippen LogP contribution in [0.25, 0.3) is 5.69 Å². The van der Waals surface area contributed by atoms with Gasteiger partial charge in [0.25, 0.3) is 0 Å². The molecule has 3 aromatic rings. The highest BCUT2D eigenvalue weighted by Gasteiger charge is 2.41. The van der Waals surface area contributed by atoms with E-state index in [1.54, 1.807) is 0 Å². The number of anilines is 1. The number of aryl methyl sites for hydroxylation is 3. The fourth-order valence-electron chi connectivity index (χ4n) is 4.43. The Balaban J connectivity index is 1.82. The van der Waals surface area contributed by atoms with E-state index in [1.807, 2.05) is 4.68 Å². The van der Waals surface area contributed by atoms with Crippen molar-refractivity contribution in [2.75, 3.05) is 5.32 Å². The van der Waals surface area contributed by atoms with Gasteiger partial charge in [-0.25, -0.2) is 0 Å². The van der Waals surface area contributed by atoms with Crippen LogP contribution in [0.1, 0.15) is 55.1 Å². The number of benzene rings is 2. The van der Waals surface area contributed by atoms with Gasteiger partial charge in [-0.3, -0.25) is 0 Å². The van der Waals surface area contributed by atoms with Crippen LogP contribution in [-0.2, 0) is 5.54 Å². The normalized spacial score (nSPS) is 22.2. The summed E-state index contributed by atoms with van der Waals surface area (Å²) in [6.07, 6.45) is 4.37. The van der Waals surface area contributed by atoms with Gasteiger partial charge in [0, 0.05) is 5.69 Å². The van der Waals surface area contributed by atoms with Crippen LogP contribution < -0.4 is 5.32 Å². The third-order valence-electron chi connectivity index (χ3n) is 6.08. The third-order valence-corrected chi connectivity index (χ3v) is 6.08. The molecule has 1 saturated carbocycles. The van der Waals surface area contributed by atoms with Gasteiger partial charge in [0.1, 0.15) is 0 Å². The van der Waals surface area contributed by atoms with Crippen molar-refractivity contribution in [3.05, 3.63) is 65.0 Å². The Morgan fingerprint density at radius 2 is 1.68 bits per heavy atom. The number of nitrogens with one attached hydrogen (secondary N) is 1. The van der Waals surface area contributed by atoms with E-state index in [2.05, 4.69) is 91.0 Å². The van der Waals surface area contributed by atoms with E-state index in [9.17, 15) is 0 Å². The first-order valence-electron chi connectivity index (χ1n) is 10.2. The summed E-state index contributed by atoms with van der Waals surface area (Å²) in [6.45, 7) is 8.71. The van der Waals surface area contributed by atoms with Gasteiger partial charge < -0.3 is 5.32 Å². The number of tetrazole rings is 1. The standard InChI is InChI=1S/C23H29N5/c1-16-11-13-23(14-12-16,24-20-10-5-7-17(2)15-20)22-25-26-27-28(22)21-18(3)8-6-9-19(21)4/h5-10,15-16,24H,11-14H2,1-4H3. The predicted molar refractivity (Wildman–Crippen MR) is 113 cm³/mol. The minimum atomic E-state index is -0.265. The smallest absolute Gasteiger partial charge is 0.181 e. The summed E-state index contributed by atoms with van der Waals surface area (Å²) in [5.74, 6) is 1.65. The number of para-hydroxylation sites is 1. The maximum atomic E-state index is 4.55. The molecule has 5 heteroatoms. The molecule has 0 radical (unpaired) electrons. The first kappa shape index (κ1) is 18.7. The highest BCUT2D eigenvalue weighted by Crippen LogP contribution is 2.42. The van der Waals surface area contributed by atoms with E-state index in [0.717, 1.165) is 36.0 Å². The number of nitrogens with zero attached hydrogens (tertiary/aromatic N) is 4. The Labute approximate surface area is 167 Å². The molecule has 0 atom stereocenters. The van der Waals surface area contributed by atoms with Gasteiger partial charge in [-0.1, -0.05) is 37.3 Å². The van der Waals surface area contributed by atoms with Crippen molar-refractivity contribution in [2.24, 2.45) is 5.92 Å². The summed E-state index contributed by atoms with van der Waals surface area (Å²) < 4.78 is 1.96. The summed E-state index contributed by atoms with van der Waals surface area (Å²) in [4.78, 5) is 0. The van der Waals surface area contributed by atoms with Crippen LogP contribution in [0.5, 0.6) is 0 Å². The van der Waals surface area contributed by atoms with Gasteiger partial charge in [-0.15, -0.1) is 5.10 Å². The van der Waals surface area contributed by atoms with E-state index in [0.29, 0.717) is 0 Å². The Bertz CT molecular complexity index is 946. The van der Waals surface area contributed by atoms with Gasteiger partial charge >= 0.3 is 0 Å². The zero-order valence-corrected chi connectivity index (χ0v) is 17.2. The lowest BCUT2D eigenvalue weighted by Crippen LogP contribution is -2.41. The highest BCUT2D eigenvalue weighted by atomic mass is 15.6. The molecule has 2 aromatic carbocycles. The summed E-state index contributed by atoms with van der Waals surface area (Å²) in [5.41, 5.74) is 5.57. The van der Waals surface area contributed by atoms with Gasteiger partial charge in [-0.05, 0) is 91.6 Å². The molecule has 0 saturated heterocycles. The highest BCUT2D eigenvalue weighted by molar-refractivity contribution is 5.51. The van der Waals surface area contributed by atoms with Crippen LogP contribution in [0.15, 0.2) is 42.5 Å². The Kier molecular flexibility index (Phi) is 4.92. The van der Waals surface area contributed by atoms with Crippen LogP contribution in [0.3, 0.4) is 0 Å². The number of aromatic nitrogens is 4. The monoisotopic (exact) mass is 375 g/mol. The fraction of sp³-hybridized carbons (Fsp3) is 0.435. The van der Waals surface area contributed by atoms with Gasteiger partial charge in [-0.2, -0.15) is 4.68 Å². The molecule has 1 fully saturated rings. The Morgan fingerprint density at radius 3 is 2.36 bits per heavy atom. The molecular weight excluding hydrogens is 346 g/mol. The summed E-state index contributed by atoms with van der Waals surface area (Å²) >= 11 is 0. The molecule has 5 nitrogen and oxygen atoms in total. The second kappa shape index (κ2) is 7.38. The average Bonchev–Trinajstić information content (AvgIpc) is 3.14. The molecule has 1 aliphatic rings. The van der Waals surface area contributed by atoms with Crippen molar-refractivity contribution in [3.8, 4) is 5.69 Å². The summed E-state index contributed by atoms with van der Waals surface area (Å²) in [5, 5.41) is 16.9. The maximum absolute atomic E-state index is 4.55. The summed E-state index contributed by atoms with van der Waals surface area (Å²) in [7, 11) is 0. The van der Waals surface area contributed by atoms with E-state index >= 15 is 0 Å². The Hall–Kier alpha value is -2.69. The maximum Gasteiger partial charge on any atom is 0.181 e. The molecule has 1 N–H and O–H groups in total. The number of rotatable bonds is 4. The van der Waals surface area contributed by atoms with E-state index in [-0.39, 0.29) is 5.54 Å². The van der Waals surface area contributed by atoms with Crippen molar-refractivity contribution >= 4 is 5.69 Å². The first-order valence-corrected chi connectivity index (χ1v) is 10.2. The van der Waals surface area contributed by atoms with Gasteiger partial charge in [0.2, 0.25) is 0 Å². The second-order valence-electron chi connectivity index (χ2n) is 8.41. The third kappa shape index (κ3) is 3.41. The first-order chi connectivity index (χ1) is 13.5. The zero-order chi connectivity index (χ0) is 19.7. The van der Waals surface area contributed by atoms with Crippen LogP contribution in [0.2, 0.25) is 0 Å². The average molecular weight is 376 g/mol. The summed E-state index contributed by atoms with van der Waals surface area (Å²) in [6, 6.07) is 14.9. The van der Waals surface area contributed by atoms with E-state index < -0.39 is 0 Å². The molecule has 28 heavy (non-hydrogen) atoms. The van der Waals surface area contributed by atoms with Crippen LogP contribution in [0, 0.1) is 26.7 Å². The van der Waals surface area contributed by atoms with Crippen molar-refractivity contribution < 1.29 is 0 Å². The zero-order valence-electron chi connectivity index (χ0n) is 17.2. The molecule has 0 aliphatic heterocycles. The van der Waals surface area contributed by atoms with Crippen LogP contribution >= 0.6 is 0 Å². The molecule has 1 aliphatic carbocycles. The van der Waals surface area contributed by atoms with Crippen molar-refractivity contribution in [2.45, 2.75) is 58.9 Å². The van der Waals surface area contributed by atoms with E-state index in [1.165, 1.54) is 29.5 Å². The van der Waals surface area contributed by atoms with Crippen LogP contribution in [0.4, 0.5) is 5.69 Å². The van der Waals surface area contributed by atoms with Gasteiger partial charge in [0.05, 0.1) is 11.2 Å². The quantitative estimate of drug-likeness (QED) is 0.689. The lowest BCUT2D eigenvalue weighted by Gasteiger charge is -2.40. The molecule has 0 unspecified atom stereocenters. The minimum Gasteiger partial charge on any atom is -0.373 e. The fourth-order valence-corrected chi connectivity index (χ4v) is 4.43. The molecule has 0 bridgehead atoms. The van der Waals surface area contributed by atoms with E-state index in [4.69, 9.17) is 0 Å². The van der Waals surface area contributed by atoms with Crippen LogP contribution in [-0.4, -0.2) is 20.2 Å². The lowest BCUT2D eigenvalue weighted by molar-refractivity contribution is 0.255. The number of hydrogen-bond donors (Lipinski definition) is 1. The van der Waals surface area contributed by atoms with Crippen molar-refractivity contribution in [3.63, 3.8) is 0 Å². The molecule has 146 valence electrons. The van der Waals surface area contributed by atoms with Gasteiger partial charge in [0.15, 0.2) is 5.82 Å². The molecule has 1 heterocycles. The topological polar surface area (TPSA) is 55.6 Å². The molecule has 4 rings (SSSR count). The SMILES string of the molecule is Cc1cccc(NC2(c3nnnn3-c3c(C)cccc3C)CCC(C)CC2)c1. The predicted octanol–water partition coefficient (Wildman–Crippen LogP) is 5.11. The lowest BCUT2D eigenvalue weighted by atomic mass is 9.76. The molecule has 0 amide bonds. The Morgan fingerprint density at radius 1 is 1.00 bits per heavy atom. The molecule has 1 aromatic heterocycles. The largest absolute Gasteiger partial charge is 0.373 e. The number of hydrogen-bond acceptors (Lipinski definition) is 4. The molecular formula is C23H29N5. The molecule has 0 spiro atoms. The second-order valence-corrected chi connectivity index (χ2v) is 8.41.